The monoisotopic (exact) mass is 276 g/mol. The minimum absolute atomic E-state index is 0.0180. The van der Waals surface area contributed by atoms with Crippen molar-refractivity contribution in [3.05, 3.63) is 23.7 Å². The molecule has 2 N–H and O–H groups in total. The molecule has 18 heavy (non-hydrogen) atoms. The van der Waals surface area contributed by atoms with E-state index in [9.17, 15) is 18.0 Å². The molecule has 1 aromatic heterocycles. The third kappa shape index (κ3) is 4.58. The molecule has 8 heteroatoms. The van der Waals surface area contributed by atoms with E-state index in [4.69, 9.17) is 14.6 Å². The van der Waals surface area contributed by atoms with Crippen molar-refractivity contribution in [3.8, 4) is 0 Å². The van der Waals surface area contributed by atoms with Gasteiger partial charge < -0.3 is 14.6 Å². The van der Waals surface area contributed by atoms with Gasteiger partial charge in [-0.25, -0.2) is 13.2 Å². The Morgan fingerprint density at radius 1 is 1.22 bits per heavy atom. The van der Waals surface area contributed by atoms with Gasteiger partial charge in [-0.2, -0.15) is 0 Å². The molecule has 0 spiro atoms. The van der Waals surface area contributed by atoms with Gasteiger partial charge in [-0.3, -0.25) is 4.79 Å². The van der Waals surface area contributed by atoms with Crippen molar-refractivity contribution >= 4 is 21.8 Å². The quantitative estimate of drug-likeness (QED) is 0.753. The Balaban J connectivity index is 2.59. The molecular formula is C10H12O7S. The van der Waals surface area contributed by atoms with Crippen LogP contribution in [-0.2, 0) is 20.4 Å². The van der Waals surface area contributed by atoms with E-state index in [0.717, 1.165) is 0 Å². The molecule has 7 nitrogen and oxygen atoms in total. The van der Waals surface area contributed by atoms with E-state index in [0.29, 0.717) is 0 Å². The average Bonchev–Trinajstić information content (AvgIpc) is 2.64. The van der Waals surface area contributed by atoms with Gasteiger partial charge in [0.15, 0.2) is 9.84 Å². The van der Waals surface area contributed by atoms with Crippen LogP contribution in [0.2, 0.25) is 0 Å². The highest BCUT2D eigenvalue weighted by Gasteiger charge is 2.17. The molecule has 1 rings (SSSR count). The summed E-state index contributed by atoms with van der Waals surface area (Å²) in [6.45, 7) is 0. The van der Waals surface area contributed by atoms with Gasteiger partial charge in [-0.15, -0.1) is 0 Å². The highest BCUT2D eigenvalue weighted by Crippen LogP contribution is 2.12. The summed E-state index contributed by atoms with van der Waals surface area (Å²) in [5.74, 6) is -3.34. The smallest absolute Gasteiger partial charge is 0.371 e. The third-order valence-electron chi connectivity index (χ3n) is 2.08. The molecule has 0 fully saturated rings. The standard InChI is InChI=1S/C10H12O7S/c11-9(12)2-1-5-18(15,16)6-7-3-4-8(17-7)10(13)14/h3-4H,1-2,5-6H2,(H,11,12)(H,13,14). The molecule has 0 aliphatic carbocycles. The second-order valence-electron chi connectivity index (χ2n) is 3.66. The largest absolute Gasteiger partial charge is 0.481 e. The van der Waals surface area contributed by atoms with Crippen LogP contribution < -0.4 is 0 Å². The maximum Gasteiger partial charge on any atom is 0.371 e. The van der Waals surface area contributed by atoms with Crippen LogP contribution in [0, 0.1) is 0 Å². The predicted molar refractivity (Wildman–Crippen MR) is 60.0 cm³/mol. The number of rotatable bonds is 7. The Bertz CT molecular complexity index is 540. The van der Waals surface area contributed by atoms with Gasteiger partial charge in [0.05, 0.1) is 5.75 Å². The van der Waals surface area contributed by atoms with Crippen molar-refractivity contribution in [3.63, 3.8) is 0 Å². The van der Waals surface area contributed by atoms with Gasteiger partial charge >= 0.3 is 11.9 Å². The first-order valence-electron chi connectivity index (χ1n) is 5.04. The second kappa shape index (κ2) is 5.67. The summed E-state index contributed by atoms with van der Waals surface area (Å²) in [6, 6.07) is 2.45. The molecule has 0 unspecified atom stereocenters. The van der Waals surface area contributed by atoms with Crippen molar-refractivity contribution in [2.45, 2.75) is 18.6 Å². The number of sulfone groups is 1. The van der Waals surface area contributed by atoms with E-state index >= 15 is 0 Å². The van der Waals surface area contributed by atoms with E-state index in [1.807, 2.05) is 0 Å². The molecule has 0 amide bonds. The van der Waals surface area contributed by atoms with Crippen LogP contribution in [0.4, 0.5) is 0 Å². The summed E-state index contributed by atoms with van der Waals surface area (Å²) in [7, 11) is -3.49. The number of carbonyl (C=O) groups is 2. The van der Waals surface area contributed by atoms with Gasteiger partial charge in [0, 0.05) is 6.42 Å². The molecule has 0 aromatic carbocycles. The summed E-state index contributed by atoms with van der Waals surface area (Å²) in [6.07, 6.45) is -0.206. The number of hydrogen-bond donors (Lipinski definition) is 2. The van der Waals surface area contributed by atoms with Gasteiger partial charge in [-0.1, -0.05) is 0 Å². The Morgan fingerprint density at radius 3 is 2.39 bits per heavy atom. The van der Waals surface area contributed by atoms with Crippen molar-refractivity contribution < 1.29 is 32.6 Å². The van der Waals surface area contributed by atoms with Crippen molar-refractivity contribution in [1.82, 2.24) is 0 Å². The first-order chi connectivity index (χ1) is 8.30. The molecule has 0 saturated carbocycles. The van der Waals surface area contributed by atoms with E-state index in [-0.39, 0.29) is 30.1 Å². The van der Waals surface area contributed by atoms with E-state index in [1.54, 1.807) is 0 Å². The Labute approximate surface area is 103 Å². The molecule has 1 heterocycles. The zero-order chi connectivity index (χ0) is 13.8. The lowest BCUT2D eigenvalue weighted by Gasteiger charge is -2.00. The van der Waals surface area contributed by atoms with E-state index in [1.165, 1.54) is 12.1 Å². The predicted octanol–water partition coefficient (Wildman–Crippen LogP) is 0.757. The number of carboxylic acids is 2. The van der Waals surface area contributed by atoms with Crippen molar-refractivity contribution in [2.24, 2.45) is 0 Å². The molecule has 0 radical (unpaired) electrons. The maximum absolute atomic E-state index is 11.6. The highest BCUT2D eigenvalue weighted by molar-refractivity contribution is 7.90. The fourth-order valence-electron chi connectivity index (χ4n) is 1.30. The fourth-order valence-corrected chi connectivity index (χ4v) is 2.62. The zero-order valence-corrected chi connectivity index (χ0v) is 10.1. The van der Waals surface area contributed by atoms with Crippen LogP contribution in [0.3, 0.4) is 0 Å². The Morgan fingerprint density at radius 2 is 1.89 bits per heavy atom. The molecule has 0 aliphatic rings. The minimum Gasteiger partial charge on any atom is -0.481 e. The molecule has 100 valence electrons. The first-order valence-corrected chi connectivity index (χ1v) is 6.86. The Hall–Kier alpha value is -1.83. The number of furan rings is 1. The average molecular weight is 276 g/mol. The van der Waals surface area contributed by atoms with Crippen LogP contribution in [0.5, 0.6) is 0 Å². The van der Waals surface area contributed by atoms with E-state index < -0.39 is 27.5 Å². The van der Waals surface area contributed by atoms with Crippen LogP contribution >= 0.6 is 0 Å². The van der Waals surface area contributed by atoms with Crippen molar-refractivity contribution in [2.75, 3.05) is 5.75 Å². The third-order valence-corrected chi connectivity index (χ3v) is 3.72. The maximum atomic E-state index is 11.6. The molecule has 0 aliphatic heterocycles. The van der Waals surface area contributed by atoms with Gasteiger partial charge in [0.1, 0.15) is 11.5 Å². The van der Waals surface area contributed by atoms with Crippen molar-refractivity contribution in [1.29, 1.82) is 0 Å². The lowest BCUT2D eigenvalue weighted by atomic mass is 10.3. The van der Waals surface area contributed by atoms with Gasteiger partial charge in [-0.05, 0) is 18.6 Å². The lowest BCUT2D eigenvalue weighted by molar-refractivity contribution is -0.137. The number of carboxylic acid groups (broad SMARTS) is 2. The number of aromatic carboxylic acids is 1. The van der Waals surface area contributed by atoms with Gasteiger partial charge in [0.2, 0.25) is 5.76 Å². The normalized spacial score (nSPS) is 11.3. The molecular weight excluding hydrogens is 264 g/mol. The minimum atomic E-state index is -3.49. The SMILES string of the molecule is O=C(O)CCCS(=O)(=O)Cc1ccc(C(=O)O)o1. The number of aliphatic carboxylic acids is 1. The first kappa shape index (κ1) is 14.2. The van der Waals surface area contributed by atoms with Crippen LogP contribution in [0.15, 0.2) is 16.5 Å². The number of hydrogen-bond acceptors (Lipinski definition) is 5. The molecule has 1 aromatic rings. The zero-order valence-electron chi connectivity index (χ0n) is 9.33. The molecule has 0 atom stereocenters. The molecule has 0 saturated heterocycles. The van der Waals surface area contributed by atoms with E-state index in [2.05, 4.69) is 0 Å². The molecule has 0 bridgehead atoms. The topological polar surface area (TPSA) is 122 Å². The summed E-state index contributed by atoms with van der Waals surface area (Å²) in [5, 5.41) is 17.0. The lowest BCUT2D eigenvalue weighted by Crippen LogP contribution is -2.10. The van der Waals surface area contributed by atoms with Crippen LogP contribution in [-0.4, -0.2) is 36.3 Å². The second-order valence-corrected chi connectivity index (χ2v) is 5.84. The summed E-state index contributed by atoms with van der Waals surface area (Å²) < 4.78 is 27.9. The summed E-state index contributed by atoms with van der Waals surface area (Å²) >= 11 is 0. The van der Waals surface area contributed by atoms with Crippen LogP contribution in [0.1, 0.15) is 29.2 Å². The Kier molecular flexibility index (Phi) is 4.49. The van der Waals surface area contributed by atoms with Crippen LogP contribution in [0.25, 0.3) is 0 Å². The van der Waals surface area contributed by atoms with Gasteiger partial charge in [0.25, 0.3) is 0 Å². The summed E-state index contributed by atoms with van der Waals surface area (Å²) in [4.78, 5) is 20.8. The fraction of sp³-hybridized carbons (Fsp3) is 0.400. The highest BCUT2D eigenvalue weighted by atomic mass is 32.2. The summed E-state index contributed by atoms with van der Waals surface area (Å²) in [5.41, 5.74) is 0.